The van der Waals surface area contributed by atoms with E-state index in [1.54, 1.807) is 6.92 Å². The predicted octanol–water partition coefficient (Wildman–Crippen LogP) is 1.10. The van der Waals surface area contributed by atoms with E-state index >= 15 is 0 Å². The highest BCUT2D eigenvalue weighted by Crippen LogP contribution is 2.26. The van der Waals surface area contributed by atoms with Crippen molar-refractivity contribution in [1.82, 2.24) is 5.32 Å². The Bertz CT molecular complexity index is 192. The van der Waals surface area contributed by atoms with Gasteiger partial charge in [-0.2, -0.15) is 0 Å². The molecule has 0 aromatic heterocycles. The molecule has 0 bridgehead atoms. The summed E-state index contributed by atoms with van der Waals surface area (Å²) in [7, 11) is 0. The van der Waals surface area contributed by atoms with Gasteiger partial charge in [-0.1, -0.05) is 13.3 Å². The maximum absolute atomic E-state index is 10.4. The molecule has 3 unspecified atom stereocenters. The van der Waals surface area contributed by atoms with E-state index in [4.69, 9.17) is 0 Å². The number of piperidine rings is 1. The van der Waals surface area contributed by atoms with Crippen molar-refractivity contribution in [3.05, 3.63) is 0 Å². The summed E-state index contributed by atoms with van der Waals surface area (Å²) in [5.74, 6) is 0.694. The molecule has 1 heterocycles. The Morgan fingerprint density at radius 2 is 2.36 bits per heavy atom. The zero-order chi connectivity index (χ0) is 10.6. The van der Waals surface area contributed by atoms with Crippen LogP contribution in [0.3, 0.4) is 0 Å². The van der Waals surface area contributed by atoms with Gasteiger partial charge in [-0.3, -0.25) is 0 Å². The van der Waals surface area contributed by atoms with Crippen molar-refractivity contribution < 1.29 is 9.90 Å². The van der Waals surface area contributed by atoms with Crippen molar-refractivity contribution in [2.24, 2.45) is 5.92 Å². The summed E-state index contributed by atoms with van der Waals surface area (Å²) in [5, 5.41) is 13.4. The first kappa shape index (κ1) is 11.7. The number of nitrogens with one attached hydrogen (secondary N) is 1. The van der Waals surface area contributed by atoms with Gasteiger partial charge in [0.2, 0.25) is 0 Å². The molecule has 0 spiro atoms. The van der Waals surface area contributed by atoms with E-state index in [-0.39, 0.29) is 12.5 Å². The van der Waals surface area contributed by atoms with Gasteiger partial charge < -0.3 is 15.2 Å². The second-order valence-corrected chi connectivity index (χ2v) is 4.53. The van der Waals surface area contributed by atoms with Gasteiger partial charge in [0.15, 0.2) is 0 Å². The first-order valence-electron chi connectivity index (χ1n) is 5.49. The third-order valence-corrected chi connectivity index (χ3v) is 3.34. The molecule has 0 aromatic carbocycles. The molecule has 3 heteroatoms. The molecule has 1 aliphatic heterocycles. The van der Waals surface area contributed by atoms with Crippen molar-refractivity contribution in [1.29, 1.82) is 0 Å². The van der Waals surface area contributed by atoms with Crippen LogP contribution in [0, 0.1) is 5.92 Å². The van der Waals surface area contributed by atoms with E-state index < -0.39 is 5.60 Å². The predicted molar refractivity (Wildman–Crippen MR) is 56.1 cm³/mol. The molecule has 1 fully saturated rings. The number of rotatable bonds is 4. The highest BCUT2D eigenvalue weighted by molar-refractivity contribution is 5.51. The lowest BCUT2D eigenvalue weighted by molar-refractivity contribution is -0.113. The molecular weight excluding hydrogens is 178 g/mol. The molecule has 0 amide bonds. The summed E-state index contributed by atoms with van der Waals surface area (Å²) in [5.41, 5.74) is -0.879. The van der Waals surface area contributed by atoms with Gasteiger partial charge in [0, 0.05) is 12.5 Å². The van der Waals surface area contributed by atoms with E-state index in [0.29, 0.717) is 5.92 Å². The zero-order valence-corrected chi connectivity index (χ0v) is 9.12. The monoisotopic (exact) mass is 199 g/mol. The van der Waals surface area contributed by atoms with Crippen LogP contribution in [0.1, 0.15) is 39.5 Å². The topological polar surface area (TPSA) is 49.3 Å². The third kappa shape index (κ3) is 2.79. The molecule has 0 radical (unpaired) electrons. The van der Waals surface area contributed by atoms with E-state index in [2.05, 4.69) is 12.2 Å². The van der Waals surface area contributed by atoms with Crippen LogP contribution >= 0.6 is 0 Å². The van der Waals surface area contributed by atoms with Crippen LogP contribution in [-0.4, -0.2) is 29.6 Å². The maximum atomic E-state index is 10.4. The second-order valence-electron chi connectivity index (χ2n) is 4.53. The Morgan fingerprint density at radius 1 is 1.64 bits per heavy atom. The minimum Gasteiger partial charge on any atom is -0.388 e. The zero-order valence-electron chi connectivity index (χ0n) is 9.12. The number of hydrogen-bond donors (Lipinski definition) is 2. The number of aliphatic hydroxyl groups is 1. The van der Waals surface area contributed by atoms with E-state index in [1.165, 1.54) is 6.42 Å². The second kappa shape index (κ2) is 4.89. The number of carbonyl (C=O) groups excluding carboxylic acids is 1. The fraction of sp³-hybridized carbons (Fsp3) is 0.909. The Morgan fingerprint density at radius 3 is 2.93 bits per heavy atom. The quantitative estimate of drug-likeness (QED) is 0.667. The van der Waals surface area contributed by atoms with Gasteiger partial charge in [0.1, 0.15) is 6.29 Å². The van der Waals surface area contributed by atoms with Crippen molar-refractivity contribution >= 4 is 6.29 Å². The molecule has 14 heavy (non-hydrogen) atoms. The van der Waals surface area contributed by atoms with E-state index in [0.717, 1.165) is 25.7 Å². The molecule has 0 aliphatic carbocycles. The van der Waals surface area contributed by atoms with E-state index in [9.17, 15) is 9.90 Å². The molecule has 0 aromatic rings. The normalized spacial score (nSPS) is 32.2. The molecule has 1 rings (SSSR count). The van der Waals surface area contributed by atoms with E-state index in [1.807, 2.05) is 0 Å². The van der Waals surface area contributed by atoms with Crippen LogP contribution in [-0.2, 0) is 4.79 Å². The summed E-state index contributed by atoms with van der Waals surface area (Å²) in [4.78, 5) is 10.4. The number of hydrogen-bond acceptors (Lipinski definition) is 3. The molecule has 1 aliphatic rings. The standard InChI is InChI=1S/C11H21NO2/c1-3-9-4-6-12-10(8-9)11(2,14)5-7-13/h7,9-10,12,14H,3-6,8H2,1-2H3. The van der Waals surface area contributed by atoms with Crippen LogP contribution < -0.4 is 5.32 Å². The number of aldehydes is 1. The first-order chi connectivity index (χ1) is 6.60. The lowest BCUT2D eigenvalue weighted by atomic mass is 9.81. The van der Waals surface area contributed by atoms with Gasteiger partial charge in [-0.05, 0) is 32.2 Å². The Hall–Kier alpha value is -0.410. The third-order valence-electron chi connectivity index (χ3n) is 3.34. The van der Waals surface area contributed by atoms with Crippen molar-refractivity contribution in [2.45, 2.75) is 51.2 Å². The summed E-state index contributed by atoms with van der Waals surface area (Å²) in [6.07, 6.45) is 4.36. The van der Waals surface area contributed by atoms with Crippen LogP contribution in [0.15, 0.2) is 0 Å². The lowest BCUT2D eigenvalue weighted by Crippen LogP contribution is -2.53. The molecular formula is C11H21NO2. The van der Waals surface area contributed by atoms with Crippen LogP contribution in [0.4, 0.5) is 0 Å². The van der Waals surface area contributed by atoms with Crippen molar-refractivity contribution in [3.8, 4) is 0 Å². The summed E-state index contributed by atoms with van der Waals surface area (Å²) < 4.78 is 0. The smallest absolute Gasteiger partial charge is 0.122 e. The minimum atomic E-state index is -0.879. The summed E-state index contributed by atoms with van der Waals surface area (Å²) >= 11 is 0. The average Bonchev–Trinajstić information content (AvgIpc) is 2.18. The molecule has 2 N–H and O–H groups in total. The van der Waals surface area contributed by atoms with Crippen LogP contribution in [0.2, 0.25) is 0 Å². The van der Waals surface area contributed by atoms with Crippen LogP contribution in [0.5, 0.6) is 0 Å². The first-order valence-corrected chi connectivity index (χ1v) is 5.49. The molecule has 1 saturated heterocycles. The van der Waals surface area contributed by atoms with Gasteiger partial charge in [0.05, 0.1) is 5.60 Å². The Kier molecular flexibility index (Phi) is 4.08. The molecule has 3 nitrogen and oxygen atoms in total. The number of carbonyl (C=O) groups is 1. The van der Waals surface area contributed by atoms with Gasteiger partial charge in [-0.25, -0.2) is 0 Å². The largest absolute Gasteiger partial charge is 0.388 e. The SMILES string of the molecule is CCC1CCNC(C(C)(O)CC=O)C1. The van der Waals surface area contributed by atoms with Crippen molar-refractivity contribution in [3.63, 3.8) is 0 Å². The fourth-order valence-electron chi connectivity index (χ4n) is 2.15. The Balaban J connectivity index is 2.53. The molecule has 82 valence electrons. The highest BCUT2D eigenvalue weighted by atomic mass is 16.3. The van der Waals surface area contributed by atoms with Gasteiger partial charge >= 0.3 is 0 Å². The molecule has 3 atom stereocenters. The highest BCUT2D eigenvalue weighted by Gasteiger charge is 2.34. The fourth-order valence-corrected chi connectivity index (χ4v) is 2.15. The maximum Gasteiger partial charge on any atom is 0.122 e. The van der Waals surface area contributed by atoms with Gasteiger partial charge in [-0.15, -0.1) is 0 Å². The minimum absolute atomic E-state index is 0.0754. The lowest BCUT2D eigenvalue weighted by Gasteiger charge is -2.38. The Labute approximate surface area is 85.9 Å². The summed E-state index contributed by atoms with van der Waals surface area (Å²) in [6.45, 7) is 4.89. The van der Waals surface area contributed by atoms with Crippen molar-refractivity contribution in [2.75, 3.05) is 6.54 Å². The molecule has 0 saturated carbocycles. The average molecular weight is 199 g/mol. The summed E-state index contributed by atoms with van der Waals surface area (Å²) in [6, 6.07) is 0.0754. The van der Waals surface area contributed by atoms with Crippen LogP contribution in [0.25, 0.3) is 0 Å². The van der Waals surface area contributed by atoms with Gasteiger partial charge in [0.25, 0.3) is 0 Å².